The van der Waals surface area contributed by atoms with E-state index in [0.717, 1.165) is 4.90 Å². The molecule has 0 aromatic carbocycles. The van der Waals surface area contributed by atoms with Gasteiger partial charge in [0.25, 0.3) is 5.91 Å². The topological polar surface area (TPSA) is 85.6 Å². The first-order valence-electron chi connectivity index (χ1n) is 4.17. The molecule has 1 atom stereocenters. The van der Waals surface area contributed by atoms with Gasteiger partial charge in [0.15, 0.2) is 11.4 Å². The lowest BCUT2D eigenvalue weighted by atomic mass is 10.3. The lowest BCUT2D eigenvalue weighted by molar-refractivity contribution is -0.136. The number of likely N-dealkylation sites (tertiary alicyclic amines) is 1. The van der Waals surface area contributed by atoms with Crippen LogP contribution in [0.15, 0.2) is 4.99 Å². The zero-order valence-electron chi connectivity index (χ0n) is 8.35. The molecule has 0 aliphatic carbocycles. The van der Waals surface area contributed by atoms with Crippen LogP contribution < -0.4 is 5.32 Å². The number of imide groups is 1. The molecule has 0 saturated carbocycles. The van der Waals surface area contributed by atoms with E-state index in [2.05, 4.69) is 10.3 Å². The number of aliphatic imine (C=N–C) groups is 1. The van der Waals surface area contributed by atoms with Gasteiger partial charge >= 0.3 is 0 Å². The Balaban J connectivity index is 2.79. The van der Waals surface area contributed by atoms with Crippen molar-refractivity contribution in [3.63, 3.8) is 0 Å². The summed E-state index contributed by atoms with van der Waals surface area (Å²) in [5.41, 5.74) is 0. The standard InChI is InChI=1S/C8H10N4O2S/c1-12-6(13)3-5(7(12)14)11-8(15-2)10-4-9/h5H,3H2,1-2H3,(H,10,11). The normalized spacial score (nSPS) is 21.8. The number of hydrogen-bond acceptors (Lipinski definition) is 5. The smallest absolute Gasteiger partial charge is 0.254 e. The molecule has 1 aliphatic heterocycles. The summed E-state index contributed by atoms with van der Waals surface area (Å²) in [4.78, 5) is 27.7. The fourth-order valence-corrected chi connectivity index (χ4v) is 1.54. The summed E-state index contributed by atoms with van der Waals surface area (Å²) in [5.74, 6) is -0.572. The minimum Gasteiger partial charge on any atom is -0.284 e. The Kier molecular flexibility index (Phi) is 3.68. The average Bonchev–Trinajstić information content (AvgIpc) is 2.46. The minimum absolute atomic E-state index is 0.0759. The van der Waals surface area contributed by atoms with Crippen LogP contribution in [-0.4, -0.2) is 41.2 Å². The molecule has 80 valence electrons. The lowest BCUT2D eigenvalue weighted by Crippen LogP contribution is -2.28. The van der Waals surface area contributed by atoms with Crippen molar-refractivity contribution >= 4 is 28.7 Å². The van der Waals surface area contributed by atoms with Crippen molar-refractivity contribution < 1.29 is 9.59 Å². The van der Waals surface area contributed by atoms with Crippen molar-refractivity contribution in [2.24, 2.45) is 4.99 Å². The number of nitriles is 1. The summed E-state index contributed by atoms with van der Waals surface area (Å²) in [6.07, 6.45) is 3.52. The quantitative estimate of drug-likeness (QED) is 0.215. The summed E-state index contributed by atoms with van der Waals surface area (Å²) in [5, 5.41) is 11.1. The van der Waals surface area contributed by atoms with Crippen LogP contribution in [0.25, 0.3) is 0 Å². The van der Waals surface area contributed by atoms with E-state index >= 15 is 0 Å². The molecule has 15 heavy (non-hydrogen) atoms. The second-order valence-corrected chi connectivity index (χ2v) is 3.68. The zero-order chi connectivity index (χ0) is 11.4. The molecule has 1 unspecified atom stereocenters. The van der Waals surface area contributed by atoms with E-state index < -0.39 is 6.04 Å². The molecule has 0 radical (unpaired) electrons. The first-order chi connectivity index (χ1) is 7.10. The highest BCUT2D eigenvalue weighted by molar-refractivity contribution is 8.13. The van der Waals surface area contributed by atoms with Crippen molar-refractivity contribution in [2.75, 3.05) is 13.3 Å². The van der Waals surface area contributed by atoms with Gasteiger partial charge in [-0.2, -0.15) is 5.26 Å². The van der Waals surface area contributed by atoms with Crippen molar-refractivity contribution in [3.05, 3.63) is 0 Å². The van der Waals surface area contributed by atoms with Crippen LogP contribution >= 0.6 is 11.8 Å². The number of thioether (sulfide) groups is 1. The predicted molar refractivity (Wildman–Crippen MR) is 55.9 cm³/mol. The molecule has 6 nitrogen and oxygen atoms in total. The molecular formula is C8H10N4O2S. The third-order valence-corrected chi connectivity index (χ3v) is 2.58. The summed E-state index contributed by atoms with van der Waals surface area (Å²) >= 11 is 1.22. The van der Waals surface area contributed by atoms with Crippen molar-refractivity contribution in [2.45, 2.75) is 12.5 Å². The molecule has 7 heteroatoms. The van der Waals surface area contributed by atoms with E-state index in [4.69, 9.17) is 5.26 Å². The van der Waals surface area contributed by atoms with Crippen LogP contribution in [0.1, 0.15) is 6.42 Å². The molecule has 1 heterocycles. The summed E-state index contributed by atoms with van der Waals surface area (Å²) in [6, 6.07) is -0.689. The molecule has 0 aromatic rings. The fourth-order valence-electron chi connectivity index (χ4n) is 1.16. The molecule has 0 aromatic heterocycles. The van der Waals surface area contributed by atoms with E-state index in [9.17, 15) is 9.59 Å². The summed E-state index contributed by atoms with van der Waals surface area (Å²) in [7, 11) is 1.43. The van der Waals surface area contributed by atoms with Crippen LogP contribution in [-0.2, 0) is 9.59 Å². The van der Waals surface area contributed by atoms with Gasteiger partial charge in [-0.15, -0.1) is 0 Å². The third-order valence-electron chi connectivity index (χ3n) is 1.99. The number of nitrogens with zero attached hydrogens (tertiary/aromatic N) is 3. The number of rotatable bonds is 1. The van der Waals surface area contributed by atoms with Gasteiger partial charge in [0.2, 0.25) is 5.91 Å². The third kappa shape index (κ3) is 2.47. The van der Waals surface area contributed by atoms with Gasteiger partial charge < -0.3 is 0 Å². The summed E-state index contributed by atoms with van der Waals surface area (Å²) in [6.45, 7) is 0. The van der Waals surface area contributed by atoms with Crippen LogP contribution in [0.4, 0.5) is 0 Å². The fraction of sp³-hybridized carbons (Fsp3) is 0.500. The molecule has 1 fully saturated rings. The maximum Gasteiger partial charge on any atom is 0.254 e. The Morgan fingerprint density at radius 2 is 2.40 bits per heavy atom. The van der Waals surface area contributed by atoms with E-state index in [1.165, 1.54) is 18.8 Å². The van der Waals surface area contributed by atoms with Gasteiger partial charge in [0.05, 0.1) is 6.42 Å². The van der Waals surface area contributed by atoms with Crippen LogP contribution in [0.3, 0.4) is 0 Å². The SMILES string of the molecule is CSC(=NC1CC(=O)N(C)C1=O)NC#N. The molecule has 1 saturated heterocycles. The highest BCUT2D eigenvalue weighted by Crippen LogP contribution is 2.15. The zero-order valence-corrected chi connectivity index (χ0v) is 9.17. The van der Waals surface area contributed by atoms with Crippen molar-refractivity contribution in [1.82, 2.24) is 10.2 Å². The van der Waals surface area contributed by atoms with Gasteiger partial charge in [0.1, 0.15) is 6.04 Å². The van der Waals surface area contributed by atoms with Crippen molar-refractivity contribution in [3.8, 4) is 6.19 Å². The summed E-state index contributed by atoms with van der Waals surface area (Å²) < 4.78 is 0. The Bertz CT molecular complexity index is 360. The Labute approximate surface area is 91.3 Å². The highest BCUT2D eigenvalue weighted by atomic mass is 32.2. The monoisotopic (exact) mass is 226 g/mol. The number of hydrogen-bond donors (Lipinski definition) is 1. The van der Waals surface area contributed by atoms with Gasteiger partial charge in [-0.25, -0.2) is 4.99 Å². The molecule has 1 aliphatic rings. The van der Waals surface area contributed by atoms with Gasteiger partial charge in [-0.3, -0.25) is 19.8 Å². The number of carbonyl (C=O) groups excluding carboxylic acids is 2. The molecule has 0 bridgehead atoms. The predicted octanol–water partition coefficient (Wildman–Crippen LogP) is -0.467. The van der Waals surface area contributed by atoms with E-state index in [-0.39, 0.29) is 18.2 Å². The van der Waals surface area contributed by atoms with E-state index in [1.807, 2.05) is 0 Å². The first-order valence-corrected chi connectivity index (χ1v) is 5.40. The molecule has 0 spiro atoms. The molecule has 2 amide bonds. The van der Waals surface area contributed by atoms with Crippen molar-refractivity contribution in [1.29, 1.82) is 5.26 Å². The van der Waals surface area contributed by atoms with Crippen LogP contribution in [0.5, 0.6) is 0 Å². The second-order valence-electron chi connectivity index (χ2n) is 2.89. The van der Waals surface area contributed by atoms with Crippen LogP contribution in [0.2, 0.25) is 0 Å². The second kappa shape index (κ2) is 4.79. The number of amidine groups is 1. The number of likely N-dealkylation sites (N-methyl/N-ethyl adjacent to an activating group) is 1. The van der Waals surface area contributed by atoms with Gasteiger partial charge in [0, 0.05) is 7.05 Å². The Morgan fingerprint density at radius 1 is 1.73 bits per heavy atom. The minimum atomic E-state index is -0.689. The number of carbonyl (C=O) groups is 2. The maximum absolute atomic E-state index is 11.4. The van der Waals surface area contributed by atoms with E-state index in [0.29, 0.717) is 5.17 Å². The number of amides is 2. The lowest BCUT2D eigenvalue weighted by Gasteiger charge is -2.06. The molecule has 1 N–H and O–H groups in total. The molecule has 1 rings (SSSR count). The average molecular weight is 226 g/mol. The molecular weight excluding hydrogens is 216 g/mol. The first kappa shape index (κ1) is 11.5. The Morgan fingerprint density at radius 3 is 2.80 bits per heavy atom. The van der Waals surface area contributed by atoms with Crippen LogP contribution in [0, 0.1) is 11.5 Å². The Hall–Kier alpha value is -1.55. The number of nitrogens with one attached hydrogen (secondary N) is 1. The maximum atomic E-state index is 11.4. The largest absolute Gasteiger partial charge is 0.284 e. The highest BCUT2D eigenvalue weighted by Gasteiger charge is 2.36. The van der Waals surface area contributed by atoms with Gasteiger partial charge in [-0.05, 0) is 6.26 Å². The van der Waals surface area contributed by atoms with E-state index in [1.54, 1.807) is 12.4 Å². The van der Waals surface area contributed by atoms with Gasteiger partial charge in [-0.1, -0.05) is 11.8 Å².